The largest absolute Gasteiger partial charge is 0.389 e. The van der Waals surface area contributed by atoms with Crippen molar-refractivity contribution in [1.29, 1.82) is 0 Å². The van der Waals surface area contributed by atoms with Crippen molar-refractivity contribution in [2.75, 3.05) is 18.0 Å². The van der Waals surface area contributed by atoms with E-state index in [4.69, 9.17) is 4.74 Å². The highest BCUT2D eigenvalue weighted by Crippen LogP contribution is 2.28. The molecular formula is C13H18N2O2. The molecule has 1 N–H and O–H groups in total. The smallest absolute Gasteiger partial charge is 0.128 e. The van der Waals surface area contributed by atoms with Gasteiger partial charge in [-0.3, -0.25) is 0 Å². The highest BCUT2D eigenvalue weighted by atomic mass is 16.5. The summed E-state index contributed by atoms with van der Waals surface area (Å²) in [5, 5.41) is 9.45. The van der Waals surface area contributed by atoms with Crippen molar-refractivity contribution in [1.82, 2.24) is 4.98 Å². The van der Waals surface area contributed by atoms with Crippen molar-refractivity contribution in [3.8, 4) is 0 Å². The third-order valence-electron chi connectivity index (χ3n) is 3.62. The van der Waals surface area contributed by atoms with Crippen LogP contribution in [0, 0.1) is 0 Å². The monoisotopic (exact) mass is 234 g/mol. The third kappa shape index (κ3) is 2.15. The Kier molecular flexibility index (Phi) is 2.76. The minimum absolute atomic E-state index is 0.381. The van der Waals surface area contributed by atoms with E-state index in [2.05, 4.69) is 9.88 Å². The average molecular weight is 234 g/mol. The van der Waals surface area contributed by atoms with E-state index < -0.39 is 6.10 Å². The van der Waals surface area contributed by atoms with Gasteiger partial charge in [0, 0.05) is 19.3 Å². The Labute approximate surface area is 101 Å². The molecule has 3 rings (SSSR count). The molecule has 2 fully saturated rings. The number of fused-ring (bicyclic) bond motifs is 2. The van der Waals surface area contributed by atoms with E-state index in [0.29, 0.717) is 12.2 Å². The Morgan fingerprint density at radius 2 is 2.06 bits per heavy atom. The van der Waals surface area contributed by atoms with E-state index in [1.54, 1.807) is 13.1 Å². The maximum Gasteiger partial charge on any atom is 0.128 e. The lowest BCUT2D eigenvalue weighted by molar-refractivity contribution is 0.0302. The van der Waals surface area contributed by atoms with Gasteiger partial charge in [-0.25, -0.2) is 4.98 Å². The SMILES string of the molecule is CC(O)c1ccc(N2CC3CCC(C2)O3)nc1. The van der Waals surface area contributed by atoms with Gasteiger partial charge >= 0.3 is 0 Å². The highest BCUT2D eigenvalue weighted by Gasteiger charge is 2.34. The summed E-state index contributed by atoms with van der Waals surface area (Å²) in [6.45, 7) is 3.64. The second kappa shape index (κ2) is 4.27. The van der Waals surface area contributed by atoms with Crippen LogP contribution in [0.3, 0.4) is 0 Å². The normalized spacial score (nSPS) is 29.4. The lowest BCUT2D eigenvalue weighted by Crippen LogP contribution is -2.43. The molecule has 4 nitrogen and oxygen atoms in total. The minimum atomic E-state index is -0.447. The molecule has 0 spiro atoms. The second-order valence-electron chi connectivity index (χ2n) is 4.99. The van der Waals surface area contributed by atoms with Gasteiger partial charge in [0.15, 0.2) is 0 Å². The van der Waals surface area contributed by atoms with E-state index >= 15 is 0 Å². The van der Waals surface area contributed by atoms with Gasteiger partial charge in [0.2, 0.25) is 0 Å². The zero-order valence-corrected chi connectivity index (χ0v) is 10.0. The number of rotatable bonds is 2. The third-order valence-corrected chi connectivity index (χ3v) is 3.62. The van der Waals surface area contributed by atoms with Crippen molar-refractivity contribution >= 4 is 5.82 Å². The van der Waals surface area contributed by atoms with Gasteiger partial charge in [0.05, 0.1) is 18.3 Å². The predicted molar refractivity (Wildman–Crippen MR) is 65.0 cm³/mol. The molecule has 1 aromatic heterocycles. The second-order valence-corrected chi connectivity index (χ2v) is 4.99. The van der Waals surface area contributed by atoms with Crippen LogP contribution in [-0.4, -0.2) is 35.4 Å². The Morgan fingerprint density at radius 1 is 1.35 bits per heavy atom. The van der Waals surface area contributed by atoms with Gasteiger partial charge in [0.1, 0.15) is 5.82 Å². The Bertz CT molecular complexity index is 379. The first-order valence-electron chi connectivity index (χ1n) is 6.27. The molecule has 3 atom stereocenters. The number of aromatic nitrogens is 1. The molecule has 0 aliphatic carbocycles. The van der Waals surface area contributed by atoms with Crippen LogP contribution in [0.4, 0.5) is 5.82 Å². The van der Waals surface area contributed by atoms with Crippen LogP contribution in [0.25, 0.3) is 0 Å². The summed E-state index contributed by atoms with van der Waals surface area (Å²) in [5.74, 6) is 0.995. The van der Waals surface area contributed by atoms with Crippen LogP contribution in [0.1, 0.15) is 31.4 Å². The van der Waals surface area contributed by atoms with Crippen molar-refractivity contribution in [2.45, 2.75) is 38.1 Å². The number of anilines is 1. The highest BCUT2D eigenvalue weighted by molar-refractivity contribution is 5.41. The van der Waals surface area contributed by atoms with Gasteiger partial charge in [-0.05, 0) is 31.4 Å². The topological polar surface area (TPSA) is 45.6 Å². The molecular weight excluding hydrogens is 216 g/mol. The molecule has 0 saturated carbocycles. The summed E-state index contributed by atoms with van der Waals surface area (Å²) < 4.78 is 5.80. The first kappa shape index (κ1) is 11.0. The van der Waals surface area contributed by atoms with E-state index in [0.717, 1.165) is 24.5 Å². The number of hydrogen-bond acceptors (Lipinski definition) is 4. The summed E-state index contributed by atoms with van der Waals surface area (Å²) in [6.07, 6.45) is 4.42. The standard InChI is InChI=1S/C13H18N2O2/c1-9(16)10-2-5-13(14-6-10)15-7-11-3-4-12(8-15)17-11/h2,5-6,9,11-12,16H,3-4,7-8H2,1H3. The summed E-state index contributed by atoms with van der Waals surface area (Å²) in [5.41, 5.74) is 0.866. The van der Waals surface area contributed by atoms with Gasteiger partial charge < -0.3 is 14.7 Å². The van der Waals surface area contributed by atoms with Crippen LogP contribution in [0.5, 0.6) is 0 Å². The van der Waals surface area contributed by atoms with E-state index in [1.807, 2.05) is 12.1 Å². The Balaban J connectivity index is 1.75. The van der Waals surface area contributed by atoms with Crippen LogP contribution in [-0.2, 0) is 4.74 Å². The van der Waals surface area contributed by atoms with Crippen molar-refractivity contribution in [3.63, 3.8) is 0 Å². The molecule has 0 amide bonds. The number of aliphatic hydroxyl groups is 1. The van der Waals surface area contributed by atoms with Gasteiger partial charge in [0.25, 0.3) is 0 Å². The zero-order valence-electron chi connectivity index (χ0n) is 10.0. The maximum absolute atomic E-state index is 9.45. The molecule has 2 aliphatic heterocycles. The predicted octanol–water partition coefficient (Wildman–Crippen LogP) is 1.50. The average Bonchev–Trinajstić information content (AvgIpc) is 2.68. The fourth-order valence-electron chi connectivity index (χ4n) is 2.63. The summed E-state index contributed by atoms with van der Waals surface area (Å²) in [7, 11) is 0. The molecule has 2 aliphatic rings. The lowest BCUT2D eigenvalue weighted by atomic mass is 10.2. The molecule has 17 heavy (non-hydrogen) atoms. The van der Waals surface area contributed by atoms with Crippen LogP contribution >= 0.6 is 0 Å². The first-order chi connectivity index (χ1) is 8.22. The lowest BCUT2D eigenvalue weighted by Gasteiger charge is -2.33. The molecule has 0 aromatic carbocycles. The minimum Gasteiger partial charge on any atom is -0.389 e. The van der Waals surface area contributed by atoms with Gasteiger partial charge in [-0.15, -0.1) is 0 Å². The zero-order chi connectivity index (χ0) is 11.8. The first-order valence-corrected chi connectivity index (χ1v) is 6.27. The molecule has 92 valence electrons. The molecule has 0 radical (unpaired) electrons. The number of pyridine rings is 1. The Hall–Kier alpha value is -1.13. The fraction of sp³-hybridized carbons (Fsp3) is 0.615. The van der Waals surface area contributed by atoms with Crippen LogP contribution in [0.15, 0.2) is 18.3 Å². The molecule has 2 bridgehead atoms. The van der Waals surface area contributed by atoms with Crippen LogP contribution < -0.4 is 4.90 Å². The van der Waals surface area contributed by atoms with Gasteiger partial charge in [-0.1, -0.05) is 6.07 Å². The number of nitrogens with zero attached hydrogens (tertiary/aromatic N) is 2. The maximum atomic E-state index is 9.45. The van der Waals surface area contributed by atoms with Crippen molar-refractivity contribution in [3.05, 3.63) is 23.9 Å². The molecule has 2 saturated heterocycles. The number of morpholine rings is 1. The van der Waals surface area contributed by atoms with Gasteiger partial charge in [-0.2, -0.15) is 0 Å². The van der Waals surface area contributed by atoms with E-state index in [-0.39, 0.29) is 0 Å². The summed E-state index contributed by atoms with van der Waals surface area (Å²) in [6, 6.07) is 3.94. The fourth-order valence-corrected chi connectivity index (χ4v) is 2.63. The molecule has 3 unspecified atom stereocenters. The number of aliphatic hydroxyl groups excluding tert-OH is 1. The van der Waals surface area contributed by atoms with E-state index in [9.17, 15) is 5.11 Å². The van der Waals surface area contributed by atoms with Crippen molar-refractivity contribution < 1.29 is 9.84 Å². The molecule has 3 heterocycles. The summed E-state index contributed by atoms with van der Waals surface area (Å²) >= 11 is 0. The van der Waals surface area contributed by atoms with Crippen LogP contribution in [0.2, 0.25) is 0 Å². The van der Waals surface area contributed by atoms with E-state index in [1.165, 1.54) is 12.8 Å². The summed E-state index contributed by atoms with van der Waals surface area (Å²) in [4.78, 5) is 6.72. The molecule has 4 heteroatoms. The molecule has 1 aromatic rings. The Morgan fingerprint density at radius 3 is 2.59 bits per heavy atom. The van der Waals surface area contributed by atoms with Crippen molar-refractivity contribution in [2.24, 2.45) is 0 Å². The quantitative estimate of drug-likeness (QED) is 0.842. The number of ether oxygens (including phenoxy) is 1. The number of hydrogen-bond donors (Lipinski definition) is 1.